The molecule has 25 heavy (non-hydrogen) atoms. The molecule has 0 saturated heterocycles. The van der Waals surface area contributed by atoms with Crippen molar-refractivity contribution in [1.29, 1.82) is 0 Å². The summed E-state index contributed by atoms with van der Waals surface area (Å²) in [6.45, 7) is 0. The molecular formula is C21H15FN2O. The lowest BCUT2D eigenvalue weighted by molar-refractivity contribution is 0.475. The molecule has 2 aromatic carbocycles. The summed E-state index contributed by atoms with van der Waals surface area (Å²) in [5.74, 6) is -0.0389. The second kappa shape index (κ2) is 6.24. The van der Waals surface area contributed by atoms with E-state index in [1.165, 1.54) is 12.1 Å². The van der Waals surface area contributed by atoms with E-state index in [0.717, 1.165) is 33.6 Å². The number of phenolic OH excluding ortho intramolecular Hbond substituents is 1. The summed E-state index contributed by atoms with van der Waals surface area (Å²) < 4.78 is 13.2. The van der Waals surface area contributed by atoms with Crippen LogP contribution in [0.2, 0.25) is 0 Å². The maximum absolute atomic E-state index is 13.2. The number of aromatic hydroxyl groups is 1. The minimum Gasteiger partial charge on any atom is -0.508 e. The van der Waals surface area contributed by atoms with Crippen LogP contribution in [0.15, 0.2) is 79.1 Å². The van der Waals surface area contributed by atoms with Gasteiger partial charge >= 0.3 is 0 Å². The first-order chi connectivity index (χ1) is 12.2. The van der Waals surface area contributed by atoms with Crippen LogP contribution in [0.5, 0.6) is 5.75 Å². The molecule has 3 nitrogen and oxygen atoms in total. The van der Waals surface area contributed by atoms with Crippen molar-refractivity contribution in [3.63, 3.8) is 0 Å². The molecule has 4 rings (SSSR count). The molecule has 0 amide bonds. The Morgan fingerprint density at radius 3 is 2.08 bits per heavy atom. The molecule has 4 heteroatoms. The monoisotopic (exact) mass is 330 g/mol. The number of pyridine rings is 1. The van der Waals surface area contributed by atoms with Crippen molar-refractivity contribution in [1.82, 2.24) is 9.97 Å². The fourth-order valence-electron chi connectivity index (χ4n) is 2.85. The van der Waals surface area contributed by atoms with Crippen LogP contribution >= 0.6 is 0 Å². The summed E-state index contributed by atoms with van der Waals surface area (Å²) >= 11 is 0. The van der Waals surface area contributed by atoms with Crippen LogP contribution < -0.4 is 0 Å². The highest BCUT2D eigenvalue weighted by atomic mass is 19.1. The quantitative estimate of drug-likeness (QED) is 0.538. The van der Waals surface area contributed by atoms with Gasteiger partial charge in [0.25, 0.3) is 0 Å². The predicted octanol–water partition coefficient (Wildman–Crippen LogP) is 5.26. The second-order valence-electron chi connectivity index (χ2n) is 5.76. The van der Waals surface area contributed by atoms with Crippen LogP contribution in [0.3, 0.4) is 0 Å². The van der Waals surface area contributed by atoms with Gasteiger partial charge in [-0.1, -0.05) is 0 Å². The van der Waals surface area contributed by atoms with E-state index in [2.05, 4.69) is 9.97 Å². The number of rotatable bonds is 3. The zero-order valence-electron chi connectivity index (χ0n) is 13.3. The summed E-state index contributed by atoms with van der Waals surface area (Å²) in [5, 5.41) is 9.55. The van der Waals surface area contributed by atoms with Gasteiger partial charge in [-0.3, -0.25) is 4.98 Å². The van der Waals surface area contributed by atoms with Crippen LogP contribution in [0.25, 0.3) is 33.6 Å². The maximum atomic E-state index is 13.2. The molecule has 0 aliphatic heterocycles. The molecule has 0 unspecified atom stereocenters. The van der Waals surface area contributed by atoms with Crippen LogP contribution in [-0.4, -0.2) is 15.1 Å². The molecule has 2 aromatic heterocycles. The Labute approximate surface area is 144 Å². The Morgan fingerprint density at radius 1 is 0.760 bits per heavy atom. The summed E-state index contributed by atoms with van der Waals surface area (Å²) in [7, 11) is 0. The zero-order chi connectivity index (χ0) is 17.2. The number of hydrogen-bond acceptors (Lipinski definition) is 2. The van der Waals surface area contributed by atoms with Gasteiger partial charge in [0, 0.05) is 23.7 Å². The van der Waals surface area contributed by atoms with Gasteiger partial charge < -0.3 is 10.1 Å². The fourth-order valence-corrected chi connectivity index (χ4v) is 2.85. The van der Waals surface area contributed by atoms with Gasteiger partial charge in [-0.15, -0.1) is 0 Å². The van der Waals surface area contributed by atoms with Crippen molar-refractivity contribution in [3.05, 3.63) is 84.9 Å². The summed E-state index contributed by atoms with van der Waals surface area (Å²) in [6.07, 6.45) is 3.50. The molecule has 0 radical (unpaired) electrons. The highest BCUT2D eigenvalue weighted by molar-refractivity contribution is 5.85. The fraction of sp³-hybridized carbons (Fsp3) is 0. The summed E-state index contributed by atoms with van der Waals surface area (Å²) in [4.78, 5) is 7.50. The van der Waals surface area contributed by atoms with E-state index >= 15 is 0 Å². The largest absolute Gasteiger partial charge is 0.508 e. The third-order valence-corrected chi connectivity index (χ3v) is 4.12. The van der Waals surface area contributed by atoms with E-state index in [-0.39, 0.29) is 11.6 Å². The number of H-pyrrole nitrogens is 1. The Balaban J connectivity index is 1.89. The molecule has 122 valence electrons. The van der Waals surface area contributed by atoms with Gasteiger partial charge in [-0.2, -0.15) is 0 Å². The molecule has 0 bridgehead atoms. The van der Waals surface area contributed by atoms with E-state index in [4.69, 9.17) is 0 Å². The number of benzene rings is 2. The van der Waals surface area contributed by atoms with Gasteiger partial charge in [0.2, 0.25) is 0 Å². The molecular weight excluding hydrogens is 315 g/mol. The number of nitrogens with one attached hydrogen (secondary N) is 1. The van der Waals surface area contributed by atoms with E-state index in [0.29, 0.717) is 0 Å². The third kappa shape index (κ3) is 3.02. The summed E-state index contributed by atoms with van der Waals surface area (Å²) in [5.41, 5.74) is 5.75. The van der Waals surface area contributed by atoms with E-state index in [9.17, 15) is 9.50 Å². The van der Waals surface area contributed by atoms with E-state index < -0.39 is 0 Å². The average molecular weight is 330 g/mol. The van der Waals surface area contributed by atoms with Gasteiger partial charge in [0.1, 0.15) is 11.6 Å². The number of phenols is 1. The third-order valence-electron chi connectivity index (χ3n) is 4.12. The van der Waals surface area contributed by atoms with Gasteiger partial charge in [-0.05, 0) is 83.4 Å². The number of halogens is 1. The molecule has 0 spiro atoms. The zero-order valence-corrected chi connectivity index (χ0v) is 13.3. The van der Waals surface area contributed by atoms with Gasteiger partial charge in [0.05, 0.1) is 5.69 Å². The van der Waals surface area contributed by atoms with E-state index in [1.54, 1.807) is 36.7 Å². The molecule has 0 fully saturated rings. The van der Waals surface area contributed by atoms with Gasteiger partial charge in [0.15, 0.2) is 0 Å². The van der Waals surface area contributed by atoms with Crippen LogP contribution in [0, 0.1) is 5.82 Å². The Morgan fingerprint density at radius 2 is 1.40 bits per heavy atom. The standard InChI is InChI=1S/C21H15FN2O/c22-17-5-1-15(2-6-17)20-13-19(14-9-11-23-12-10-14)21(24-20)16-3-7-18(25)8-4-16/h1-13,24-25H. The number of nitrogens with zero attached hydrogens (tertiary/aromatic N) is 1. The molecule has 0 atom stereocenters. The molecule has 2 heterocycles. The minimum atomic E-state index is -0.261. The lowest BCUT2D eigenvalue weighted by Crippen LogP contribution is -1.83. The van der Waals surface area contributed by atoms with Gasteiger partial charge in [-0.25, -0.2) is 4.39 Å². The lowest BCUT2D eigenvalue weighted by Gasteiger charge is -2.04. The Kier molecular flexibility index (Phi) is 3.78. The number of aromatic nitrogens is 2. The smallest absolute Gasteiger partial charge is 0.123 e. The second-order valence-corrected chi connectivity index (χ2v) is 5.76. The van der Waals surface area contributed by atoms with E-state index in [1.807, 2.05) is 30.3 Å². The molecule has 2 N–H and O–H groups in total. The maximum Gasteiger partial charge on any atom is 0.123 e. The van der Waals surface area contributed by atoms with Crippen molar-refractivity contribution in [2.45, 2.75) is 0 Å². The van der Waals surface area contributed by atoms with Crippen molar-refractivity contribution in [3.8, 4) is 39.4 Å². The highest BCUT2D eigenvalue weighted by Crippen LogP contribution is 2.36. The Hall–Kier alpha value is -3.40. The van der Waals surface area contributed by atoms with Crippen molar-refractivity contribution in [2.24, 2.45) is 0 Å². The molecule has 4 aromatic rings. The first kappa shape index (κ1) is 15.1. The molecule has 0 aliphatic carbocycles. The SMILES string of the molecule is Oc1ccc(-c2[nH]c(-c3ccc(F)cc3)cc2-c2ccncc2)cc1. The average Bonchev–Trinajstić information content (AvgIpc) is 3.09. The van der Waals surface area contributed by atoms with Crippen molar-refractivity contribution >= 4 is 0 Å². The minimum absolute atomic E-state index is 0.222. The van der Waals surface area contributed by atoms with Crippen molar-refractivity contribution < 1.29 is 9.50 Å². The Bertz CT molecular complexity index is 991. The first-order valence-corrected chi connectivity index (χ1v) is 7.89. The van der Waals surface area contributed by atoms with Crippen LogP contribution in [0.1, 0.15) is 0 Å². The van der Waals surface area contributed by atoms with Crippen LogP contribution in [-0.2, 0) is 0 Å². The highest BCUT2D eigenvalue weighted by Gasteiger charge is 2.13. The lowest BCUT2D eigenvalue weighted by atomic mass is 10.0. The number of hydrogen-bond donors (Lipinski definition) is 2. The first-order valence-electron chi connectivity index (χ1n) is 7.89. The normalized spacial score (nSPS) is 10.8. The topological polar surface area (TPSA) is 48.9 Å². The summed E-state index contributed by atoms with van der Waals surface area (Å²) in [6, 6.07) is 19.4. The predicted molar refractivity (Wildman–Crippen MR) is 96.5 cm³/mol. The number of aromatic amines is 1. The molecule has 0 saturated carbocycles. The molecule has 0 aliphatic rings. The van der Waals surface area contributed by atoms with Crippen molar-refractivity contribution in [2.75, 3.05) is 0 Å². The van der Waals surface area contributed by atoms with Crippen LogP contribution in [0.4, 0.5) is 4.39 Å².